The van der Waals surface area contributed by atoms with Crippen LogP contribution in [0.1, 0.15) is 12.0 Å². The molecule has 0 saturated carbocycles. The number of terminal acetylenes is 1. The molecule has 1 aliphatic heterocycles. The molecule has 1 aromatic rings. The zero-order valence-corrected chi connectivity index (χ0v) is 7.25. The minimum Gasteiger partial charge on any atom is -0.490 e. The third-order valence-corrected chi connectivity index (χ3v) is 1.93. The van der Waals surface area contributed by atoms with Gasteiger partial charge >= 0.3 is 0 Å². The average molecular weight is 174 g/mol. The molecule has 0 saturated heterocycles. The van der Waals surface area contributed by atoms with Crippen molar-refractivity contribution in [2.45, 2.75) is 6.42 Å². The van der Waals surface area contributed by atoms with Crippen LogP contribution in [0.5, 0.6) is 11.5 Å². The summed E-state index contributed by atoms with van der Waals surface area (Å²) in [5.74, 6) is 4.05. The molecule has 2 rings (SSSR count). The first-order chi connectivity index (χ1) is 6.42. The number of fused-ring (bicyclic) bond motifs is 1. The molecule has 0 aromatic heterocycles. The van der Waals surface area contributed by atoms with E-state index in [2.05, 4.69) is 5.92 Å². The minimum absolute atomic E-state index is 0.672. The van der Waals surface area contributed by atoms with Gasteiger partial charge in [-0.15, -0.1) is 6.42 Å². The molecule has 0 amide bonds. The lowest BCUT2D eigenvalue weighted by atomic mass is 10.2. The molecule has 1 heterocycles. The summed E-state index contributed by atoms with van der Waals surface area (Å²) >= 11 is 0. The first kappa shape index (κ1) is 8.00. The Hall–Kier alpha value is -1.62. The fourth-order valence-electron chi connectivity index (χ4n) is 1.31. The number of hydrogen-bond acceptors (Lipinski definition) is 2. The van der Waals surface area contributed by atoms with Crippen LogP contribution in [0.3, 0.4) is 0 Å². The maximum absolute atomic E-state index is 5.50. The monoisotopic (exact) mass is 174 g/mol. The normalized spacial score (nSPS) is 14.4. The summed E-state index contributed by atoms with van der Waals surface area (Å²) in [6.07, 6.45) is 6.24. The van der Waals surface area contributed by atoms with E-state index in [0.717, 1.165) is 17.7 Å². The Balaban J connectivity index is 2.47. The topological polar surface area (TPSA) is 18.5 Å². The molecule has 0 aliphatic carbocycles. The summed E-state index contributed by atoms with van der Waals surface area (Å²) in [5.41, 5.74) is 0.763. The Labute approximate surface area is 77.5 Å². The molecule has 2 nitrogen and oxygen atoms in total. The van der Waals surface area contributed by atoms with Crippen molar-refractivity contribution in [3.05, 3.63) is 23.8 Å². The molecule has 0 unspecified atom stereocenters. The lowest BCUT2D eigenvalue weighted by molar-refractivity contribution is 0.296. The van der Waals surface area contributed by atoms with E-state index in [1.54, 1.807) is 0 Å². The number of rotatable bonds is 0. The zero-order chi connectivity index (χ0) is 9.10. The van der Waals surface area contributed by atoms with E-state index in [0.29, 0.717) is 19.0 Å². The Morgan fingerprint density at radius 3 is 2.92 bits per heavy atom. The van der Waals surface area contributed by atoms with Gasteiger partial charge in [0, 0.05) is 6.42 Å². The van der Waals surface area contributed by atoms with Gasteiger partial charge in [-0.25, -0.2) is 0 Å². The number of hydrogen-bond donors (Lipinski definition) is 0. The van der Waals surface area contributed by atoms with Gasteiger partial charge in [0.1, 0.15) is 0 Å². The van der Waals surface area contributed by atoms with E-state index >= 15 is 0 Å². The standard InChI is InChI=1S/C11H10O2/c1-2-9-5-3-6-10-11(9)13-8-4-7-12-10/h1,3,5-6H,4,7-8H2. The van der Waals surface area contributed by atoms with Gasteiger partial charge in [-0.05, 0) is 12.1 Å². The zero-order valence-electron chi connectivity index (χ0n) is 7.25. The Morgan fingerprint density at radius 1 is 1.23 bits per heavy atom. The highest BCUT2D eigenvalue weighted by Crippen LogP contribution is 2.32. The molecule has 66 valence electrons. The highest BCUT2D eigenvalue weighted by atomic mass is 16.5. The predicted octanol–water partition coefficient (Wildman–Crippen LogP) is 1.83. The van der Waals surface area contributed by atoms with Crippen LogP contribution < -0.4 is 9.47 Å². The fourth-order valence-corrected chi connectivity index (χ4v) is 1.31. The van der Waals surface area contributed by atoms with Gasteiger partial charge in [0.15, 0.2) is 11.5 Å². The molecular formula is C11H10O2. The summed E-state index contributed by atoms with van der Waals surface area (Å²) in [4.78, 5) is 0. The third-order valence-electron chi connectivity index (χ3n) is 1.93. The molecule has 13 heavy (non-hydrogen) atoms. The molecule has 0 fully saturated rings. The van der Waals surface area contributed by atoms with Crippen LogP contribution in [0.2, 0.25) is 0 Å². The summed E-state index contributed by atoms with van der Waals surface area (Å²) in [5, 5.41) is 0. The maximum atomic E-state index is 5.50. The Kier molecular flexibility index (Phi) is 2.09. The van der Waals surface area contributed by atoms with Crippen molar-refractivity contribution in [2.24, 2.45) is 0 Å². The van der Waals surface area contributed by atoms with Crippen LogP contribution in [0.15, 0.2) is 18.2 Å². The minimum atomic E-state index is 0.672. The first-order valence-electron chi connectivity index (χ1n) is 4.27. The second-order valence-corrected chi connectivity index (χ2v) is 2.83. The van der Waals surface area contributed by atoms with Crippen LogP contribution in [0.25, 0.3) is 0 Å². The van der Waals surface area contributed by atoms with Crippen molar-refractivity contribution >= 4 is 0 Å². The van der Waals surface area contributed by atoms with Gasteiger partial charge in [-0.3, -0.25) is 0 Å². The second kappa shape index (κ2) is 3.40. The van der Waals surface area contributed by atoms with E-state index in [9.17, 15) is 0 Å². The van der Waals surface area contributed by atoms with Crippen molar-refractivity contribution in [2.75, 3.05) is 13.2 Å². The van der Waals surface area contributed by atoms with Gasteiger partial charge in [-0.1, -0.05) is 12.0 Å². The Bertz CT molecular complexity index is 350. The largest absolute Gasteiger partial charge is 0.490 e. The van der Waals surface area contributed by atoms with Crippen molar-refractivity contribution < 1.29 is 9.47 Å². The van der Waals surface area contributed by atoms with Gasteiger partial charge in [-0.2, -0.15) is 0 Å². The maximum Gasteiger partial charge on any atom is 0.176 e. The van der Waals surface area contributed by atoms with Gasteiger partial charge in [0.25, 0.3) is 0 Å². The Morgan fingerprint density at radius 2 is 2.08 bits per heavy atom. The van der Waals surface area contributed by atoms with E-state index in [1.165, 1.54) is 0 Å². The molecule has 0 bridgehead atoms. The van der Waals surface area contributed by atoms with E-state index in [1.807, 2.05) is 18.2 Å². The first-order valence-corrected chi connectivity index (χ1v) is 4.27. The van der Waals surface area contributed by atoms with Crippen LogP contribution in [0.4, 0.5) is 0 Å². The molecule has 0 spiro atoms. The highest BCUT2D eigenvalue weighted by Gasteiger charge is 2.12. The summed E-state index contributed by atoms with van der Waals surface area (Å²) in [6, 6.07) is 5.61. The van der Waals surface area contributed by atoms with E-state index in [-0.39, 0.29) is 0 Å². The van der Waals surface area contributed by atoms with Gasteiger partial charge < -0.3 is 9.47 Å². The summed E-state index contributed by atoms with van der Waals surface area (Å²) in [7, 11) is 0. The van der Waals surface area contributed by atoms with E-state index < -0.39 is 0 Å². The molecule has 2 heteroatoms. The highest BCUT2D eigenvalue weighted by molar-refractivity contribution is 5.53. The van der Waals surface area contributed by atoms with Crippen molar-refractivity contribution in [3.8, 4) is 23.8 Å². The van der Waals surface area contributed by atoms with Crippen LogP contribution in [-0.4, -0.2) is 13.2 Å². The predicted molar refractivity (Wildman–Crippen MR) is 50.0 cm³/mol. The third kappa shape index (κ3) is 1.46. The van der Waals surface area contributed by atoms with E-state index in [4.69, 9.17) is 15.9 Å². The van der Waals surface area contributed by atoms with Crippen molar-refractivity contribution in [3.63, 3.8) is 0 Å². The SMILES string of the molecule is C#Cc1cccc2c1OCCCO2. The van der Waals surface area contributed by atoms with Gasteiger partial charge in [0.2, 0.25) is 0 Å². The molecule has 0 N–H and O–H groups in total. The second-order valence-electron chi connectivity index (χ2n) is 2.83. The molecule has 1 aromatic carbocycles. The average Bonchev–Trinajstić information content (AvgIpc) is 2.41. The van der Waals surface area contributed by atoms with Crippen LogP contribution in [0, 0.1) is 12.3 Å². The lowest BCUT2D eigenvalue weighted by Crippen LogP contribution is -1.97. The molecular weight excluding hydrogens is 164 g/mol. The molecule has 0 radical (unpaired) electrons. The smallest absolute Gasteiger partial charge is 0.176 e. The van der Waals surface area contributed by atoms with Crippen molar-refractivity contribution in [1.82, 2.24) is 0 Å². The molecule has 1 aliphatic rings. The fraction of sp³-hybridized carbons (Fsp3) is 0.273. The summed E-state index contributed by atoms with van der Waals surface area (Å²) in [6.45, 7) is 1.37. The lowest BCUT2D eigenvalue weighted by Gasteiger charge is -2.07. The number of para-hydroxylation sites is 1. The number of ether oxygens (including phenoxy) is 2. The van der Waals surface area contributed by atoms with Crippen molar-refractivity contribution in [1.29, 1.82) is 0 Å². The van der Waals surface area contributed by atoms with Crippen LogP contribution >= 0.6 is 0 Å². The molecule has 0 atom stereocenters. The van der Waals surface area contributed by atoms with Crippen LogP contribution in [-0.2, 0) is 0 Å². The number of benzene rings is 1. The quantitative estimate of drug-likeness (QED) is 0.558. The summed E-state index contributed by atoms with van der Waals surface area (Å²) < 4.78 is 11.0. The van der Waals surface area contributed by atoms with Gasteiger partial charge in [0.05, 0.1) is 18.8 Å².